The van der Waals surface area contributed by atoms with Gasteiger partial charge in [-0.05, 0) is 18.3 Å². The van der Waals surface area contributed by atoms with Crippen molar-refractivity contribution in [3.05, 3.63) is 6.92 Å². The summed E-state index contributed by atoms with van der Waals surface area (Å²) in [5, 5.41) is 0. The summed E-state index contributed by atoms with van der Waals surface area (Å²) in [5.74, 6) is 1.76. The van der Waals surface area contributed by atoms with E-state index >= 15 is 0 Å². The fourth-order valence-electron chi connectivity index (χ4n) is 2.70. The van der Waals surface area contributed by atoms with Gasteiger partial charge in [-0.3, -0.25) is 0 Å². The standard InChI is InChI=1S/C14H27/c1-3-4-6-9-13(2)12-14-10-7-5-8-11-14/h13-14H,2-12H2,1H3. The lowest BCUT2D eigenvalue weighted by atomic mass is 9.82. The van der Waals surface area contributed by atoms with Crippen LogP contribution in [0.15, 0.2) is 0 Å². The fourth-order valence-corrected chi connectivity index (χ4v) is 2.70. The van der Waals surface area contributed by atoms with Crippen LogP contribution < -0.4 is 0 Å². The lowest BCUT2D eigenvalue weighted by molar-refractivity contribution is 0.298. The maximum absolute atomic E-state index is 4.30. The Morgan fingerprint density at radius 3 is 2.50 bits per heavy atom. The first-order valence-electron chi connectivity index (χ1n) is 6.66. The van der Waals surface area contributed by atoms with Crippen molar-refractivity contribution in [3.63, 3.8) is 0 Å². The summed E-state index contributed by atoms with van der Waals surface area (Å²) in [7, 11) is 0. The Kier molecular flexibility index (Phi) is 6.31. The second kappa shape index (κ2) is 7.31. The van der Waals surface area contributed by atoms with Crippen molar-refractivity contribution in [2.75, 3.05) is 0 Å². The molecule has 0 spiro atoms. The van der Waals surface area contributed by atoms with E-state index in [-0.39, 0.29) is 0 Å². The van der Waals surface area contributed by atoms with Gasteiger partial charge in [0, 0.05) is 0 Å². The van der Waals surface area contributed by atoms with Gasteiger partial charge in [0.2, 0.25) is 0 Å². The summed E-state index contributed by atoms with van der Waals surface area (Å²) in [5.41, 5.74) is 0. The van der Waals surface area contributed by atoms with Gasteiger partial charge in [0.25, 0.3) is 0 Å². The van der Waals surface area contributed by atoms with Crippen LogP contribution in [0.25, 0.3) is 0 Å². The molecule has 0 amide bonds. The molecule has 1 radical (unpaired) electrons. The molecule has 1 saturated carbocycles. The van der Waals surface area contributed by atoms with Crippen molar-refractivity contribution in [2.45, 2.75) is 71.1 Å². The molecule has 0 N–H and O–H groups in total. The Bertz CT molecular complexity index is 122. The van der Waals surface area contributed by atoms with E-state index in [4.69, 9.17) is 0 Å². The molecule has 0 aromatic carbocycles. The number of rotatable bonds is 6. The molecule has 14 heavy (non-hydrogen) atoms. The van der Waals surface area contributed by atoms with E-state index in [9.17, 15) is 0 Å². The highest BCUT2D eigenvalue weighted by Gasteiger charge is 2.15. The average Bonchev–Trinajstić information content (AvgIpc) is 2.20. The van der Waals surface area contributed by atoms with Crippen LogP contribution >= 0.6 is 0 Å². The normalized spacial score (nSPS) is 21.0. The predicted octanol–water partition coefficient (Wildman–Crippen LogP) is 4.99. The fraction of sp³-hybridized carbons (Fsp3) is 0.929. The molecule has 1 rings (SSSR count). The molecular formula is C14H27. The zero-order valence-corrected chi connectivity index (χ0v) is 9.93. The third kappa shape index (κ3) is 5.02. The first-order chi connectivity index (χ1) is 6.83. The summed E-state index contributed by atoms with van der Waals surface area (Å²) in [6.45, 7) is 6.58. The van der Waals surface area contributed by atoms with E-state index < -0.39 is 0 Å². The minimum atomic E-state index is 0.740. The van der Waals surface area contributed by atoms with Gasteiger partial charge in [-0.25, -0.2) is 0 Å². The van der Waals surface area contributed by atoms with E-state index in [0.717, 1.165) is 11.8 Å². The van der Waals surface area contributed by atoms with Gasteiger partial charge in [-0.2, -0.15) is 0 Å². The maximum atomic E-state index is 4.30. The molecule has 83 valence electrons. The van der Waals surface area contributed by atoms with Crippen LogP contribution in [0.3, 0.4) is 0 Å². The average molecular weight is 195 g/mol. The maximum Gasteiger partial charge on any atom is -0.0412 e. The molecule has 0 bridgehead atoms. The Morgan fingerprint density at radius 2 is 1.86 bits per heavy atom. The highest BCUT2D eigenvalue weighted by atomic mass is 14.2. The SMILES string of the molecule is [CH2]C(CCCCC)CC1CCCCC1. The first-order valence-corrected chi connectivity index (χ1v) is 6.66. The molecule has 1 aliphatic carbocycles. The zero-order chi connectivity index (χ0) is 10.2. The number of hydrogen-bond donors (Lipinski definition) is 0. The van der Waals surface area contributed by atoms with E-state index in [2.05, 4.69) is 13.8 Å². The molecule has 0 heterocycles. The number of unbranched alkanes of at least 4 members (excludes halogenated alkanes) is 2. The molecule has 0 nitrogen and oxygen atoms in total. The van der Waals surface area contributed by atoms with Crippen LogP contribution in [0.4, 0.5) is 0 Å². The van der Waals surface area contributed by atoms with Crippen LogP contribution in [0.2, 0.25) is 0 Å². The Balaban J connectivity index is 2.03. The van der Waals surface area contributed by atoms with Gasteiger partial charge in [0.05, 0.1) is 0 Å². The quantitative estimate of drug-likeness (QED) is 0.524. The largest absolute Gasteiger partial charge is 0.0654 e. The Hall–Kier alpha value is 0. The highest BCUT2D eigenvalue weighted by Crippen LogP contribution is 2.30. The van der Waals surface area contributed by atoms with Crippen LogP contribution in [0.1, 0.15) is 71.1 Å². The molecule has 0 aromatic rings. The summed E-state index contributed by atoms with van der Waals surface area (Å²) in [4.78, 5) is 0. The molecular weight excluding hydrogens is 168 g/mol. The molecule has 0 heteroatoms. The lowest BCUT2D eigenvalue weighted by Crippen LogP contribution is -2.10. The molecule has 1 unspecified atom stereocenters. The minimum Gasteiger partial charge on any atom is -0.0654 e. The van der Waals surface area contributed by atoms with Gasteiger partial charge >= 0.3 is 0 Å². The predicted molar refractivity (Wildman–Crippen MR) is 64.2 cm³/mol. The van der Waals surface area contributed by atoms with Crippen molar-refractivity contribution in [3.8, 4) is 0 Å². The third-order valence-electron chi connectivity index (χ3n) is 3.61. The first kappa shape index (κ1) is 12.1. The molecule has 0 aromatic heterocycles. The topological polar surface area (TPSA) is 0 Å². The van der Waals surface area contributed by atoms with Crippen LogP contribution in [0.5, 0.6) is 0 Å². The van der Waals surface area contributed by atoms with Gasteiger partial charge in [0.15, 0.2) is 0 Å². The van der Waals surface area contributed by atoms with Crippen molar-refractivity contribution in [1.82, 2.24) is 0 Å². The van der Waals surface area contributed by atoms with Crippen molar-refractivity contribution < 1.29 is 0 Å². The summed E-state index contributed by atoms with van der Waals surface area (Å²) < 4.78 is 0. The van der Waals surface area contributed by atoms with Crippen LogP contribution in [-0.2, 0) is 0 Å². The number of hydrogen-bond acceptors (Lipinski definition) is 0. The smallest absolute Gasteiger partial charge is 0.0412 e. The van der Waals surface area contributed by atoms with E-state index in [1.54, 1.807) is 0 Å². The highest BCUT2D eigenvalue weighted by molar-refractivity contribution is 4.71. The second-order valence-electron chi connectivity index (χ2n) is 5.10. The lowest BCUT2D eigenvalue weighted by Gasteiger charge is -2.24. The van der Waals surface area contributed by atoms with Crippen LogP contribution in [0, 0.1) is 18.8 Å². The molecule has 1 fully saturated rings. The monoisotopic (exact) mass is 195 g/mol. The molecule has 0 saturated heterocycles. The van der Waals surface area contributed by atoms with E-state index in [1.807, 2.05) is 0 Å². The summed E-state index contributed by atoms with van der Waals surface area (Å²) >= 11 is 0. The van der Waals surface area contributed by atoms with Gasteiger partial charge in [-0.15, -0.1) is 0 Å². The molecule has 1 atom stereocenters. The Labute approximate surface area is 90.5 Å². The minimum absolute atomic E-state index is 0.740. The summed E-state index contributed by atoms with van der Waals surface area (Å²) in [6.07, 6.45) is 14.3. The van der Waals surface area contributed by atoms with Crippen LogP contribution in [-0.4, -0.2) is 0 Å². The molecule has 1 aliphatic rings. The zero-order valence-electron chi connectivity index (χ0n) is 9.93. The van der Waals surface area contributed by atoms with Crippen molar-refractivity contribution >= 4 is 0 Å². The molecule has 0 aliphatic heterocycles. The van der Waals surface area contributed by atoms with Gasteiger partial charge in [0.1, 0.15) is 0 Å². The van der Waals surface area contributed by atoms with Gasteiger partial charge < -0.3 is 0 Å². The Morgan fingerprint density at radius 1 is 1.14 bits per heavy atom. The van der Waals surface area contributed by atoms with E-state index in [0.29, 0.717) is 0 Å². The third-order valence-corrected chi connectivity index (χ3v) is 3.61. The van der Waals surface area contributed by atoms with Crippen molar-refractivity contribution in [2.24, 2.45) is 11.8 Å². The summed E-state index contributed by atoms with van der Waals surface area (Å²) in [6, 6.07) is 0. The van der Waals surface area contributed by atoms with E-state index in [1.165, 1.54) is 64.2 Å². The second-order valence-corrected chi connectivity index (χ2v) is 5.10. The van der Waals surface area contributed by atoms with Crippen molar-refractivity contribution in [1.29, 1.82) is 0 Å². The van der Waals surface area contributed by atoms with Gasteiger partial charge in [-0.1, -0.05) is 71.6 Å².